The van der Waals surface area contributed by atoms with Gasteiger partial charge in [-0.1, -0.05) is 54.8 Å². The maximum Gasteiger partial charge on any atom is 0.232 e. The minimum Gasteiger partial charge on any atom is -0.493 e. The van der Waals surface area contributed by atoms with Crippen molar-refractivity contribution in [3.05, 3.63) is 88.5 Å². The molecule has 1 saturated carbocycles. The van der Waals surface area contributed by atoms with E-state index >= 15 is 0 Å². The topological polar surface area (TPSA) is 59.0 Å². The van der Waals surface area contributed by atoms with Crippen LogP contribution in [0.4, 0.5) is 5.69 Å². The molecule has 0 saturated heterocycles. The van der Waals surface area contributed by atoms with Crippen LogP contribution in [0.15, 0.2) is 71.8 Å². The molecular formula is C31H34ClNO4. The Hall–Kier alpha value is -3.02. The molecule has 194 valence electrons. The van der Waals surface area contributed by atoms with Gasteiger partial charge in [0.2, 0.25) is 5.91 Å². The second kappa shape index (κ2) is 10.4. The van der Waals surface area contributed by atoms with Gasteiger partial charge in [-0.2, -0.15) is 0 Å². The molecule has 0 bridgehead atoms. The van der Waals surface area contributed by atoms with Crippen molar-refractivity contribution in [2.75, 3.05) is 12.0 Å². The second-order valence-corrected chi connectivity index (χ2v) is 10.8. The Labute approximate surface area is 224 Å². The van der Waals surface area contributed by atoms with Gasteiger partial charge in [0.25, 0.3) is 0 Å². The molecule has 0 radical (unpaired) electrons. The van der Waals surface area contributed by atoms with Gasteiger partial charge in [-0.3, -0.25) is 4.79 Å². The van der Waals surface area contributed by atoms with E-state index in [1.807, 2.05) is 79.4 Å². The Morgan fingerprint density at radius 3 is 2.49 bits per heavy atom. The lowest BCUT2D eigenvalue weighted by molar-refractivity contribution is -0.119. The summed E-state index contributed by atoms with van der Waals surface area (Å²) < 4.78 is 11.7. The number of carbonyl (C=O) groups excluding carboxylic acids is 1. The molecule has 6 heteroatoms. The first kappa shape index (κ1) is 25.6. The summed E-state index contributed by atoms with van der Waals surface area (Å²) in [6, 6.07) is 11.5. The van der Waals surface area contributed by atoms with Gasteiger partial charge in [-0.25, -0.2) is 0 Å². The van der Waals surface area contributed by atoms with Crippen LogP contribution in [0.3, 0.4) is 0 Å². The normalized spacial score (nSPS) is 22.6. The predicted octanol–water partition coefficient (Wildman–Crippen LogP) is 6.74. The van der Waals surface area contributed by atoms with Gasteiger partial charge in [-0.15, -0.1) is 0 Å². The third-order valence-corrected chi connectivity index (χ3v) is 7.79. The summed E-state index contributed by atoms with van der Waals surface area (Å²) in [5, 5.41) is 11.7. The van der Waals surface area contributed by atoms with Crippen LogP contribution < -0.4 is 14.4 Å². The van der Waals surface area contributed by atoms with Crippen molar-refractivity contribution >= 4 is 23.2 Å². The fourth-order valence-corrected chi connectivity index (χ4v) is 5.91. The molecule has 1 amide bonds. The number of methoxy groups -OCH3 is 1. The Morgan fingerprint density at radius 2 is 1.81 bits per heavy atom. The average Bonchev–Trinajstić information content (AvgIpc) is 3.21. The molecule has 37 heavy (non-hydrogen) atoms. The summed E-state index contributed by atoms with van der Waals surface area (Å²) in [5.41, 5.74) is 2.90. The third kappa shape index (κ3) is 5.07. The minimum atomic E-state index is -0.773. The van der Waals surface area contributed by atoms with Gasteiger partial charge in [0.15, 0.2) is 11.5 Å². The molecule has 1 fully saturated rings. The van der Waals surface area contributed by atoms with Crippen LogP contribution in [0.25, 0.3) is 0 Å². The molecule has 1 aliphatic heterocycles. The molecular weight excluding hydrogens is 486 g/mol. The smallest absolute Gasteiger partial charge is 0.232 e. The number of anilines is 1. The summed E-state index contributed by atoms with van der Waals surface area (Å²) >= 11 is 6.30. The summed E-state index contributed by atoms with van der Waals surface area (Å²) in [4.78, 5) is 15.6. The van der Waals surface area contributed by atoms with Gasteiger partial charge in [0, 0.05) is 16.6 Å². The number of ether oxygens (including phenoxy) is 2. The van der Waals surface area contributed by atoms with E-state index in [9.17, 15) is 9.90 Å². The first-order chi connectivity index (χ1) is 17.8. The number of halogens is 1. The zero-order chi connectivity index (χ0) is 26.2. The van der Waals surface area contributed by atoms with Crippen LogP contribution in [0.1, 0.15) is 62.3 Å². The van der Waals surface area contributed by atoms with Crippen LogP contribution in [-0.2, 0) is 16.8 Å². The Morgan fingerprint density at radius 1 is 1.08 bits per heavy atom. The molecule has 0 spiro atoms. The largest absolute Gasteiger partial charge is 0.493 e. The highest BCUT2D eigenvalue weighted by Crippen LogP contribution is 2.46. The molecule has 1 N–H and O–H groups in total. The van der Waals surface area contributed by atoms with Gasteiger partial charge >= 0.3 is 0 Å². The summed E-state index contributed by atoms with van der Waals surface area (Å²) in [7, 11) is 1.62. The summed E-state index contributed by atoms with van der Waals surface area (Å²) in [5.74, 6) is 1.18. The van der Waals surface area contributed by atoms with E-state index in [1.165, 1.54) is 0 Å². The Bertz CT molecular complexity index is 1250. The second-order valence-electron chi connectivity index (χ2n) is 10.4. The highest BCUT2D eigenvalue weighted by Gasteiger charge is 2.39. The molecule has 0 aromatic heterocycles. The van der Waals surface area contributed by atoms with Gasteiger partial charge in [-0.05, 0) is 79.8 Å². The van der Waals surface area contributed by atoms with E-state index in [0.29, 0.717) is 16.5 Å². The maximum absolute atomic E-state index is 13.7. The van der Waals surface area contributed by atoms with E-state index in [2.05, 4.69) is 6.08 Å². The zero-order valence-electron chi connectivity index (χ0n) is 21.6. The van der Waals surface area contributed by atoms with Crippen molar-refractivity contribution < 1.29 is 19.4 Å². The first-order valence-electron chi connectivity index (χ1n) is 13.0. The molecule has 5 rings (SSSR count). The molecule has 2 unspecified atom stereocenters. The lowest BCUT2D eigenvalue weighted by Crippen LogP contribution is -2.43. The van der Waals surface area contributed by atoms with Crippen molar-refractivity contribution in [2.45, 2.75) is 63.7 Å². The predicted molar refractivity (Wildman–Crippen MR) is 147 cm³/mol. The molecule has 2 atom stereocenters. The fourth-order valence-electron chi connectivity index (χ4n) is 5.77. The molecule has 3 aliphatic rings. The zero-order valence-corrected chi connectivity index (χ0v) is 22.4. The van der Waals surface area contributed by atoms with Crippen molar-refractivity contribution in [3.8, 4) is 11.5 Å². The van der Waals surface area contributed by atoms with Crippen molar-refractivity contribution in [1.29, 1.82) is 0 Å². The van der Waals surface area contributed by atoms with Crippen LogP contribution in [0, 0.1) is 5.92 Å². The van der Waals surface area contributed by atoms with E-state index in [4.69, 9.17) is 21.1 Å². The molecule has 2 aromatic carbocycles. The molecule has 5 nitrogen and oxygen atoms in total. The van der Waals surface area contributed by atoms with E-state index in [-0.39, 0.29) is 30.4 Å². The Balaban J connectivity index is 1.61. The highest BCUT2D eigenvalue weighted by molar-refractivity contribution is 6.31. The number of fused-ring (bicyclic) bond motifs is 1. The van der Waals surface area contributed by atoms with Crippen molar-refractivity contribution in [3.63, 3.8) is 0 Å². The minimum absolute atomic E-state index is 0.00881. The van der Waals surface area contributed by atoms with Gasteiger partial charge < -0.3 is 19.5 Å². The SMILES string of the molecule is COc1cc2c(cc1OC(C)C)C(C1C=CC=C(Cl)C=C1)N(c1ccc(C3(O)CCCC3)cc1)C(=O)C2. The highest BCUT2D eigenvalue weighted by atomic mass is 35.5. The van der Waals surface area contributed by atoms with E-state index in [1.54, 1.807) is 7.11 Å². The number of aliphatic hydroxyl groups is 1. The number of amides is 1. The number of nitrogens with zero attached hydrogens (tertiary/aromatic N) is 1. The van der Waals surface area contributed by atoms with E-state index in [0.717, 1.165) is 48.1 Å². The Kier molecular flexibility index (Phi) is 7.19. The molecule has 2 aliphatic carbocycles. The van der Waals surface area contributed by atoms with Crippen LogP contribution in [0.5, 0.6) is 11.5 Å². The number of carbonyl (C=O) groups is 1. The van der Waals surface area contributed by atoms with Crippen LogP contribution >= 0.6 is 11.6 Å². The number of hydrogen-bond donors (Lipinski definition) is 1. The lowest BCUT2D eigenvalue weighted by atomic mass is 9.83. The number of rotatable bonds is 6. The van der Waals surface area contributed by atoms with E-state index < -0.39 is 5.60 Å². The van der Waals surface area contributed by atoms with Gasteiger partial charge in [0.05, 0.1) is 31.3 Å². The lowest BCUT2D eigenvalue weighted by Gasteiger charge is -2.40. The quantitative estimate of drug-likeness (QED) is 0.459. The summed E-state index contributed by atoms with van der Waals surface area (Å²) in [6.07, 6.45) is 13.6. The molecule has 2 aromatic rings. The van der Waals surface area contributed by atoms with Crippen LogP contribution in [0.2, 0.25) is 0 Å². The third-order valence-electron chi connectivity index (χ3n) is 7.54. The summed E-state index contributed by atoms with van der Waals surface area (Å²) in [6.45, 7) is 3.97. The van der Waals surface area contributed by atoms with Crippen LogP contribution in [-0.4, -0.2) is 24.2 Å². The monoisotopic (exact) mass is 519 g/mol. The first-order valence-corrected chi connectivity index (χ1v) is 13.4. The molecule has 1 heterocycles. The average molecular weight is 520 g/mol. The standard InChI is InChI=1S/C31H34ClNO4/c1-20(2)37-28-19-26-22(17-27(28)36-3)18-29(34)33(30(26)21-7-6-8-24(32)12-9-21)25-13-10-23(11-14-25)31(35)15-4-5-16-31/h6-14,17,19-21,30,35H,4-5,15-16,18H2,1-3H3. The van der Waals surface area contributed by atoms with Gasteiger partial charge in [0.1, 0.15) is 0 Å². The number of hydrogen-bond acceptors (Lipinski definition) is 4. The van der Waals surface area contributed by atoms with Crippen molar-refractivity contribution in [2.24, 2.45) is 5.92 Å². The maximum atomic E-state index is 13.7. The van der Waals surface area contributed by atoms with Crippen molar-refractivity contribution in [1.82, 2.24) is 0 Å². The fraction of sp³-hybridized carbons (Fsp3) is 0.387. The number of benzene rings is 2. The number of allylic oxidation sites excluding steroid dienone is 4.